The molecule has 7 nitrogen and oxygen atoms in total. The summed E-state index contributed by atoms with van der Waals surface area (Å²) in [6.45, 7) is 0. The summed E-state index contributed by atoms with van der Waals surface area (Å²) in [4.78, 5) is 24.6. The number of hydrogen-bond donors (Lipinski definition) is 0. The van der Waals surface area contributed by atoms with E-state index >= 15 is 0 Å². The SMILES string of the molecule is O=C([O-])OC(c1ccncc1)c1ccc([N+](=O)[O-])cc1. The van der Waals surface area contributed by atoms with Gasteiger partial charge in [-0.1, -0.05) is 0 Å². The molecule has 1 aromatic carbocycles. The molecule has 0 aliphatic carbocycles. The van der Waals surface area contributed by atoms with Gasteiger partial charge in [-0.2, -0.15) is 0 Å². The lowest BCUT2D eigenvalue weighted by atomic mass is 10.0. The van der Waals surface area contributed by atoms with Gasteiger partial charge in [-0.15, -0.1) is 0 Å². The Morgan fingerprint density at radius 3 is 2.15 bits per heavy atom. The van der Waals surface area contributed by atoms with Gasteiger partial charge in [0, 0.05) is 24.5 Å². The molecule has 0 radical (unpaired) electrons. The zero-order chi connectivity index (χ0) is 14.5. The van der Waals surface area contributed by atoms with E-state index in [0.717, 1.165) is 0 Å². The zero-order valence-electron chi connectivity index (χ0n) is 10.1. The highest BCUT2D eigenvalue weighted by Crippen LogP contribution is 2.27. The molecule has 102 valence electrons. The second kappa shape index (κ2) is 5.79. The average molecular weight is 273 g/mol. The van der Waals surface area contributed by atoms with Gasteiger partial charge in [0.1, 0.15) is 0 Å². The number of hydrogen-bond acceptors (Lipinski definition) is 6. The van der Waals surface area contributed by atoms with Crippen LogP contribution in [-0.4, -0.2) is 16.1 Å². The first-order chi connectivity index (χ1) is 9.58. The summed E-state index contributed by atoms with van der Waals surface area (Å²) in [7, 11) is 0. The van der Waals surface area contributed by atoms with Crippen LogP contribution >= 0.6 is 0 Å². The lowest BCUT2D eigenvalue weighted by Gasteiger charge is -2.22. The standard InChI is InChI=1S/C13H10N2O5/c16-13(17)20-12(10-5-7-14-8-6-10)9-1-3-11(4-2-9)15(18)19/h1-8,12H,(H,16,17)/p-1. The molecule has 0 bridgehead atoms. The maximum atomic E-state index is 10.7. The number of ether oxygens (including phenoxy) is 1. The fourth-order valence-corrected chi connectivity index (χ4v) is 1.73. The molecule has 0 fully saturated rings. The predicted molar refractivity (Wildman–Crippen MR) is 65.7 cm³/mol. The van der Waals surface area contributed by atoms with Crippen LogP contribution in [0.1, 0.15) is 17.2 Å². The van der Waals surface area contributed by atoms with Crippen molar-refractivity contribution in [2.45, 2.75) is 6.10 Å². The number of benzene rings is 1. The van der Waals surface area contributed by atoms with E-state index in [-0.39, 0.29) is 5.69 Å². The van der Waals surface area contributed by atoms with Crippen LogP contribution in [-0.2, 0) is 4.74 Å². The van der Waals surface area contributed by atoms with Gasteiger partial charge in [0.05, 0.1) is 11.0 Å². The van der Waals surface area contributed by atoms with E-state index in [1.807, 2.05) is 0 Å². The average Bonchev–Trinajstić information content (AvgIpc) is 2.45. The number of aromatic nitrogens is 1. The third kappa shape index (κ3) is 3.08. The van der Waals surface area contributed by atoms with Crippen LogP contribution in [0.3, 0.4) is 0 Å². The first kappa shape index (κ1) is 13.5. The number of carbonyl (C=O) groups is 1. The smallest absolute Gasteiger partial charge is 0.269 e. The highest BCUT2D eigenvalue weighted by molar-refractivity contribution is 5.55. The summed E-state index contributed by atoms with van der Waals surface area (Å²) in [6, 6.07) is 8.62. The highest BCUT2D eigenvalue weighted by Gasteiger charge is 2.14. The Bertz CT molecular complexity index is 612. The molecule has 0 spiro atoms. The molecule has 0 aliphatic heterocycles. The molecule has 1 aromatic heterocycles. The summed E-state index contributed by atoms with van der Waals surface area (Å²) in [6.07, 6.45) is 0.396. The van der Waals surface area contributed by atoms with Crippen molar-refractivity contribution in [3.05, 3.63) is 70.0 Å². The number of carboxylic acid groups (broad SMARTS) is 1. The van der Waals surface area contributed by atoms with Crippen LogP contribution in [0.15, 0.2) is 48.8 Å². The molecule has 1 heterocycles. The Morgan fingerprint density at radius 2 is 1.65 bits per heavy atom. The molecule has 0 N–H and O–H groups in total. The van der Waals surface area contributed by atoms with E-state index in [0.29, 0.717) is 11.1 Å². The summed E-state index contributed by atoms with van der Waals surface area (Å²) in [5.41, 5.74) is 0.930. The molecule has 2 aromatic rings. The minimum absolute atomic E-state index is 0.0873. The van der Waals surface area contributed by atoms with Gasteiger partial charge in [-0.3, -0.25) is 15.1 Å². The summed E-state index contributed by atoms with van der Waals surface area (Å²) >= 11 is 0. The number of carbonyl (C=O) groups excluding carboxylic acids is 1. The Hall–Kier alpha value is -2.96. The van der Waals surface area contributed by atoms with Crippen molar-refractivity contribution < 1.29 is 19.6 Å². The van der Waals surface area contributed by atoms with E-state index in [2.05, 4.69) is 4.98 Å². The Morgan fingerprint density at radius 1 is 1.10 bits per heavy atom. The van der Waals surface area contributed by atoms with Crippen LogP contribution in [0, 0.1) is 10.1 Å². The summed E-state index contributed by atoms with van der Waals surface area (Å²) in [5.74, 6) is 0. The van der Waals surface area contributed by atoms with Gasteiger partial charge in [-0.05, 0) is 35.4 Å². The number of rotatable bonds is 4. The minimum atomic E-state index is -1.68. The van der Waals surface area contributed by atoms with Gasteiger partial charge >= 0.3 is 0 Å². The Kier molecular flexibility index (Phi) is 3.90. The first-order valence-corrected chi connectivity index (χ1v) is 5.60. The van der Waals surface area contributed by atoms with Crippen molar-refractivity contribution in [2.24, 2.45) is 0 Å². The predicted octanol–water partition coefficient (Wildman–Crippen LogP) is 1.44. The largest absolute Gasteiger partial charge is 0.537 e. The van der Waals surface area contributed by atoms with Gasteiger partial charge in [0.15, 0.2) is 0 Å². The Labute approximate surface area is 113 Å². The van der Waals surface area contributed by atoms with Gasteiger partial charge in [0.2, 0.25) is 0 Å². The quantitative estimate of drug-likeness (QED) is 0.474. The maximum absolute atomic E-state index is 10.7. The molecule has 0 saturated heterocycles. The van der Waals surface area contributed by atoms with Crippen molar-refractivity contribution >= 4 is 11.8 Å². The van der Waals surface area contributed by atoms with E-state index in [4.69, 9.17) is 4.74 Å². The van der Waals surface area contributed by atoms with Crippen LogP contribution in [0.2, 0.25) is 0 Å². The van der Waals surface area contributed by atoms with Crippen LogP contribution in [0.4, 0.5) is 10.5 Å². The maximum Gasteiger partial charge on any atom is 0.269 e. The van der Waals surface area contributed by atoms with E-state index in [1.54, 1.807) is 12.1 Å². The van der Waals surface area contributed by atoms with Gasteiger partial charge in [-0.25, -0.2) is 0 Å². The van der Waals surface area contributed by atoms with Crippen molar-refractivity contribution in [2.75, 3.05) is 0 Å². The summed E-state index contributed by atoms with van der Waals surface area (Å²) in [5, 5.41) is 21.3. The molecule has 20 heavy (non-hydrogen) atoms. The van der Waals surface area contributed by atoms with Crippen molar-refractivity contribution in [3.8, 4) is 0 Å². The van der Waals surface area contributed by atoms with Crippen LogP contribution in [0.5, 0.6) is 0 Å². The molecule has 1 atom stereocenters. The highest BCUT2D eigenvalue weighted by atomic mass is 16.7. The zero-order valence-corrected chi connectivity index (χ0v) is 10.1. The molecule has 0 aliphatic rings. The molecule has 7 heteroatoms. The molecular weight excluding hydrogens is 264 g/mol. The van der Waals surface area contributed by atoms with E-state index < -0.39 is 17.2 Å². The minimum Gasteiger partial charge on any atom is -0.537 e. The van der Waals surface area contributed by atoms with Crippen molar-refractivity contribution in [1.82, 2.24) is 4.98 Å². The third-order valence-electron chi connectivity index (χ3n) is 2.63. The molecule has 0 amide bonds. The fraction of sp³-hybridized carbons (Fsp3) is 0.0769. The molecule has 0 saturated carbocycles. The fourth-order valence-electron chi connectivity index (χ4n) is 1.73. The second-order valence-electron chi connectivity index (χ2n) is 3.88. The van der Waals surface area contributed by atoms with Crippen molar-refractivity contribution in [3.63, 3.8) is 0 Å². The lowest BCUT2D eigenvalue weighted by molar-refractivity contribution is -0.384. The van der Waals surface area contributed by atoms with Crippen LogP contribution in [0.25, 0.3) is 0 Å². The first-order valence-electron chi connectivity index (χ1n) is 5.60. The number of nitro benzene ring substituents is 1. The molecular formula is C13H9N2O5-. The van der Waals surface area contributed by atoms with Crippen LogP contribution < -0.4 is 5.11 Å². The molecule has 1 unspecified atom stereocenters. The number of nitrogens with zero attached hydrogens (tertiary/aromatic N) is 2. The Balaban J connectivity index is 2.36. The monoisotopic (exact) mass is 273 g/mol. The van der Waals surface area contributed by atoms with Gasteiger partial charge in [0.25, 0.3) is 11.8 Å². The van der Waals surface area contributed by atoms with E-state index in [1.165, 1.54) is 36.7 Å². The normalized spacial score (nSPS) is 11.6. The van der Waals surface area contributed by atoms with E-state index in [9.17, 15) is 20.0 Å². The third-order valence-corrected chi connectivity index (χ3v) is 2.63. The second-order valence-corrected chi connectivity index (χ2v) is 3.88. The van der Waals surface area contributed by atoms with Gasteiger partial charge < -0.3 is 14.6 Å². The topological polar surface area (TPSA) is 105 Å². The summed E-state index contributed by atoms with van der Waals surface area (Å²) < 4.78 is 4.73. The lowest BCUT2D eigenvalue weighted by Crippen LogP contribution is -2.26. The number of nitro groups is 1. The number of non-ortho nitro benzene ring substituents is 1. The number of pyridine rings is 1. The molecule has 2 rings (SSSR count). The van der Waals surface area contributed by atoms with Crippen molar-refractivity contribution in [1.29, 1.82) is 0 Å².